The van der Waals surface area contributed by atoms with Gasteiger partial charge in [-0.3, -0.25) is 9.59 Å². The van der Waals surface area contributed by atoms with E-state index in [4.69, 9.17) is 12.2 Å². The van der Waals surface area contributed by atoms with Gasteiger partial charge in [-0.25, -0.2) is 0 Å². The Morgan fingerprint density at radius 3 is 3.18 bits per heavy atom. The molecule has 2 rings (SSSR count). The fraction of sp³-hybridized carbons (Fsp3) is 0.667. The van der Waals surface area contributed by atoms with Gasteiger partial charge in [0, 0.05) is 19.5 Å². The first-order valence-corrected chi connectivity index (χ1v) is 5.92. The molecular weight excluding hydrogens is 218 g/mol. The molecule has 0 saturated carbocycles. The SMILES string of the molecule is C#CCC(N)C(=O)N1CCCC2C(=O)NCC21. The van der Waals surface area contributed by atoms with Crippen LogP contribution >= 0.6 is 0 Å². The van der Waals surface area contributed by atoms with Gasteiger partial charge in [-0.1, -0.05) is 0 Å². The van der Waals surface area contributed by atoms with E-state index in [1.807, 2.05) is 0 Å². The minimum Gasteiger partial charge on any atom is -0.354 e. The van der Waals surface area contributed by atoms with Gasteiger partial charge in [-0.15, -0.1) is 12.3 Å². The lowest BCUT2D eigenvalue weighted by molar-refractivity contribution is -0.137. The Hall–Kier alpha value is -1.54. The average molecular weight is 235 g/mol. The Labute approximate surface area is 101 Å². The van der Waals surface area contributed by atoms with E-state index in [9.17, 15) is 9.59 Å². The second-order valence-corrected chi connectivity index (χ2v) is 4.61. The topological polar surface area (TPSA) is 75.4 Å². The first-order chi connectivity index (χ1) is 8.15. The summed E-state index contributed by atoms with van der Waals surface area (Å²) in [5, 5.41) is 2.80. The van der Waals surface area contributed by atoms with E-state index in [-0.39, 0.29) is 30.2 Å². The van der Waals surface area contributed by atoms with Crippen molar-refractivity contribution in [1.29, 1.82) is 0 Å². The first kappa shape index (κ1) is 11.9. The zero-order valence-electron chi connectivity index (χ0n) is 9.69. The fourth-order valence-electron chi connectivity index (χ4n) is 2.65. The fourth-order valence-corrected chi connectivity index (χ4v) is 2.65. The van der Waals surface area contributed by atoms with Crippen molar-refractivity contribution in [2.75, 3.05) is 13.1 Å². The standard InChI is InChI=1S/C12H17N3O2/c1-2-4-9(13)12(17)15-6-3-5-8-10(15)7-14-11(8)16/h1,8-10H,3-7,13H2,(H,14,16). The highest BCUT2D eigenvalue weighted by Crippen LogP contribution is 2.27. The lowest BCUT2D eigenvalue weighted by Gasteiger charge is -2.37. The van der Waals surface area contributed by atoms with Crippen LogP contribution in [-0.2, 0) is 9.59 Å². The highest BCUT2D eigenvalue weighted by molar-refractivity contribution is 5.86. The summed E-state index contributed by atoms with van der Waals surface area (Å²) in [6.07, 6.45) is 7.10. The number of fused-ring (bicyclic) bond motifs is 1. The molecule has 5 heteroatoms. The second kappa shape index (κ2) is 4.76. The maximum atomic E-state index is 12.1. The minimum absolute atomic E-state index is 0.0347. The number of carbonyl (C=O) groups is 2. The molecule has 2 aliphatic heterocycles. The number of carbonyl (C=O) groups excluding carboxylic acids is 2. The van der Waals surface area contributed by atoms with Crippen LogP contribution in [0.5, 0.6) is 0 Å². The number of likely N-dealkylation sites (tertiary alicyclic amines) is 1. The highest BCUT2D eigenvalue weighted by Gasteiger charge is 2.43. The summed E-state index contributed by atoms with van der Waals surface area (Å²) in [5.41, 5.74) is 5.74. The maximum Gasteiger partial charge on any atom is 0.240 e. The van der Waals surface area contributed by atoms with E-state index in [1.165, 1.54) is 0 Å². The van der Waals surface area contributed by atoms with E-state index in [0.717, 1.165) is 12.8 Å². The summed E-state index contributed by atoms with van der Waals surface area (Å²) in [4.78, 5) is 25.4. The van der Waals surface area contributed by atoms with Gasteiger partial charge < -0.3 is 16.0 Å². The number of nitrogens with zero attached hydrogens (tertiary/aromatic N) is 1. The number of amides is 2. The molecule has 3 atom stereocenters. The van der Waals surface area contributed by atoms with Gasteiger partial charge in [-0.2, -0.15) is 0 Å². The van der Waals surface area contributed by atoms with Crippen LogP contribution in [0.4, 0.5) is 0 Å². The Balaban J connectivity index is 2.08. The van der Waals surface area contributed by atoms with Gasteiger partial charge in [0.05, 0.1) is 18.0 Å². The van der Waals surface area contributed by atoms with Crippen LogP contribution in [0.2, 0.25) is 0 Å². The molecule has 2 saturated heterocycles. The molecular formula is C12H17N3O2. The summed E-state index contributed by atoms with van der Waals surface area (Å²) < 4.78 is 0. The van der Waals surface area contributed by atoms with Gasteiger partial charge in [0.1, 0.15) is 0 Å². The quantitative estimate of drug-likeness (QED) is 0.607. The van der Waals surface area contributed by atoms with Crippen molar-refractivity contribution in [2.45, 2.75) is 31.3 Å². The largest absolute Gasteiger partial charge is 0.354 e. The summed E-state index contributed by atoms with van der Waals surface area (Å²) in [6.45, 7) is 1.21. The molecule has 0 aliphatic carbocycles. The Morgan fingerprint density at radius 1 is 1.71 bits per heavy atom. The Bertz CT molecular complexity index is 374. The Kier molecular flexibility index (Phi) is 3.34. The monoisotopic (exact) mass is 235 g/mol. The predicted octanol–water partition coefficient (Wildman–Crippen LogP) is -0.926. The minimum atomic E-state index is -0.644. The molecule has 5 nitrogen and oxygen atoms in total. The number of nitrogens with two attached hydrogens (primary N) is 1. The van der Waals surface area contributed by atoms with Crippen molar-refractivity contribution >= 4 is 11.8 Å². The van der Waals surface area contributed by atoms with Crippen molar-refractivity contribution in [1.82, 2.24) is 10.2 Å². The molecule has 0 bridgehead atoms. The molecule has 3 N–H and O–H groups in total. The summed E-state index contributed by atoms with van der Waals surface area (Å²) in [6, 6.07) is -0.679. The van der Waals surface area contributed by atoms with Crippen LogP contribution < -0.4 is 11.1 Å². The van der Waals surface area contributed by atoms with Crippen LogP contribution in [-0.4, -0.2) is 41.9 Å². The number of nitrogens with one attached hydrogen (secondary N) is 1. The summed E-state index contributed by atoms with van der Waals surface area (Å²) >= 11 is 0. The molecule has 0 aromatic carbocycles. The molecule has 2 fully saturated rings. The molecule has 3 unspecified atom stereocenters. The van der Waals surface area contributed by atoms with Crippen LogP contribution in [0.15, 0.2) is 0 Å². The predicted molar refractivity (Wildman–Crippen MR) is 62.7 cm³/mol. The van der Waals surface area contributed by atoms with Crippen molar-refractivity contribution in [3.63, 3.8) is 0 Å². The van der Waals surface area contributed by atoms with Gasteiger partial charge in [0.15, 0.2) is 0 Å². The second-order valence-electron chi connectivity index (χ2n) is 4.61. The number of piperidine rings is 1. The molecule has 2 amide bonds. The molecule has 0 aromatic rings. The number of hydrogen-bond acceptors (Lipinski definition) is 3. The van der Waals surface area contributed by atoms with E-state index in [2.05, 4.69) is 11.2 Å². The van der Waals surface area contributed by atoms with Gasteiger partial charge in [-0.05, 0) is 12.8 Å². The van der Waals surface area contributed by atoms with Crippen molar-refractivity contribution < 1.29 is 9.59 Å². The van der Waals surface area contributed by atoms with Crippen LogP contribution in [0, 0.1) is 18.3 Å². The zero-order valence-corrected chi connectivity index (χ0v) is 9.69. The number of terminal acetylenes is 1. The number of hydrogen-bond donors (Lipinski definition) is 2. The van der Waals surface area contributed by atoms with Crippen LogP contribution in [0.1, 0.15) is 19.3 Å². The van der Waals surface area contributed by atoms with E-state index in [1.54, 1.807) is 4.90 Å². The Morgan fingerprint density at radius 2 is 2.47 bits per heavy atom. The molecule has 0 aromatic heterocycles. The average Bonchev–Trinajstić information content (AvgIpc) is 2.71. The molecule has 0 spiro atoms. The number of rotatable bonds is 2. The van der Waals surface area contributed by atoms with Gasteiger partial charge >= 0.3 is 0 Å². The molecule has 17 heavy (non-hydrogen) atoms. The molecule has 2 heterocycles. The summed E-state index contributed by atoms with van der Waals surface area (Å²) in [7, 11) is 0. The zero-order chi connectivity index (χ0) is 12.4. The molecule has 92 valence electrons. The third-order valence-electron chi connectivity index (χ3n) is 3.54. The van der Waals surface area contributed by atoms with E-state index < -0.39 is 6.04 Å². The normalized spacial score (nSPS) is 29.2. The lowest BCUT2D eigenvalue weighted by Crippen LogP contribution is -2.53. The maximum absolute atomic E-state index is 12.1. The van der Waals surface area contributed by atoms with E-state index in [0.29, 0.717) is 13.1 Å². The summed E-state index contributed by atoms with van der Waals surface area (Å²) in [5.74, 6) is 2.26. The first-order valence-electron chi connectivity index (χ1n) is 5.92. The highest BCUT2D eigenvalue weighted by atomic mass is 16.2. The van der Waals surface area contributed by atoms with Crippen molar-refractivity contribution in [2.24, 2.45) is 11.7 Å². The lowest BCUT2D eigenvalue weighted by atomic mass is 9.91. The molecule has 2 aliphatic rings. The smallest absolute Gasteiger partial charge is 0.240 e. The van der Waals surface area contributed by atoms with Gasteiger partial charge in [0.2, 0.25) is 11.8 Å². The third kappa shape index (κ3) is 2.13. The van der Waals surface area contributed by atoms with Crippen molar-refractivity contribution in [3.8, 4) is 12.3 Å². The van der Waals surface area contributed by atoms with Crippen LogP contribution in [0.25, 0.3) is 0 Å². The van der Waals surface area contributed by atoms with Crippen molar-refractivity contribution in [3.05, 3.63) is 0 Å². The molecule has 0 radical (unpaired) electrons. The van der Waals surface area contributed by atoms with Gasteiger partial charge in [0.25, 0.3) is 0 Å². The van der Waals surface area contributed by atoms with Crippen LogP contribution in [0.3, 0.4) is 0 Å². The van der Waals surface area contributed by atoms with E-state index >= 15 is 0 Å². The third-order valence-corrected chi connectivity index (χ3v) is 3.54.